The zero-order valence-corrected chi connectivity index (χ0v) is 16.3. The van der Waals surface area contributed by atoms with Crippen LogP contribution in [-0.4, -0.2) is 34.9 Å². The van der Waals surface area contributed by atoms with Gasteiger partial charge < -0.3 is 10.6 Å². The number of carbonyl (C=O) groups is 1. The molecule has 7 heteroatoms. The maximum Gasteiger partial charge on any atom is 0.264 e. The molecule has 1 saturated heterocycles. The summed E-state index contributed by atoms with van der Waals surface area (Å²) < 4.78 is 1.17. The van der Waals surface area contributed by atoms with Crippen LogP contribution in [0.1, 0.15) is 23.0 Å². The van der Waals surface area contributed by atoms with Crippen molar-refractivity contribution < 1.29 is 4.79 Å². The lowest BCUT2D eigenvalue weighted by molar-refractivity contribution is 0.0748. The fraction of sp³-hybridized carbons (Fsp3) is 0.333. The monoisotopic (exact) mass is 393 g/mol. The number of hydrogen-bond donors (Lipinski definition) is 1. The molecule has 3 heterocycles. The van der Waals surface area contributed by atoms with Gasteiger partial charge >= 0.3 is 0 Å². The lowest BCUT2D eigenvalue weighted by atomic mass is 10.1. The van der Waals surface area contributed by atoms with E-state index in [2.05, 4.69) is 18.0 Å². The van der Waals surface area contributed by atoms with Crippen molar-refractivity contribution in [3.63, 3.8) is 0 Å². The molecule has 1 aliphatic rings. The zero-order chi connectivity index (χ0) is 16.7. The third-order valence-electron chi connectivity index (χ3n) is 4.58. The van der Waals surface area contributed by atoms with Gasteiger partial charge in [-0.15, -0.1) is 35.1 Å². The van der Waals surface area contributed by atoms with Gasteiger partial charge in [-0.25, -0.2) is 4.98 Å². The summed E-state index contributed by atoms with van der Waals surface area (Å²) in [5.41, 5.74) is 6.78. The Labute approximate surface area is 161 Å². The fourth-order valence-electron chi connectivity index (χ4n) is 3.28. The molecule has 2 N–H and O–H groups in total. The quantitative estimate of drug-likeness (QED) is 0.723. The molecular formula is C18H20ClN3OS2. The first-order chi connectivity index (χ1) is 11.7. The van der Waals surface area contributed by atoms with Crippen LogP contribution in [0.3, 0.4) is 0 Å². The van der Waals surface area contributed by atoms with E-state index >= 15 is 0 Å². The Morgan fingerprint density at radius 1 is 1.28 bits per heavy atom. The summed E-state index contributed by atoms with van der Waals surface area (Å²) in [6.45, 7) is 3.52. The van der Waals surface area contributed by atoms with E-state index in [0.717, 1.165) is 33.2 Å². The highest BCUT2D eigenvalue weighted by Crippen LogP contribution is 2.35. The second kappa shape index (κ2) is 7.41. The Morgan fingerprint density at radius 3 is 2.80 bits per heavy atom. The molecule has 0 spiro atoms. The van der Waals surface area contributed by atoms with Gasteiger partial charge in [0.15, 0.2) is 0 Å². The number of nitrogens with zero attached hydrogens (tertiary/aromatic N) is 2. The van der Waals surface area contributed by atoms with Crippen molar-refractivity contribution in [2.45, 2.75) is 19.4 Å². The number of amides is 1. The Hall–Kier alpha value is -1.47. The van der Waals surface area contributed by atoms with E-state index in [9.17, 15) is 4.79 Å². The summed E-state index contributed by atoms with van der Waals surface area (Å²) in [7, 11) is 0. The van der Waals surface area contributed by atoms with Crippen LogP contribution in [0.4, 0.5) is 0 Å². The molecule has 1 aromatic carbocycles. The van der Waals surface area contributed by atoms with E-state index < -0.39 is 0 Å². The van der Waals surface area contributed by atoms with Crippen LogP contribution in [0.5, 0.6) is 0 Å². The van der Waals surface area contributed by atoms with Gasteiger partial charge in [0.2, 0.25) is 0 Å². The van der Waals surface area contributed by atoms with E-state index in [1.54, 1.807) is 11.3 Å². The smallest absolute Gasteiger partial charge is 0.264 e. The standard InChI is InChI=1S/C18H19N3OS2.ClH/c1-11-8-12(9-19)10-21(11)18(22)16-7-6-15(23-16)17-20-13-4-2-3-5-14(13)24-17;/h2-7,11-12H,8-10,19H2,1H3;1H. The summed E-state index contributed by atoms with van der Waals surface area (Å²) >= 11 is 3.20. The van der Waals surface area contributed by atoms with Crippen LogP contribution >= 0.6 is 35.1 Å². The molecule has 1 fully saturated rings. The minimum absolute atomic E-state index is 0. The fourth-order valence-corrected chi connectivity index (χ4v) is 5.27. The van der Waals surface area contributed by atoms with Crippen LogP contribution in [0.25, 0.3) is 20.1 Å². The molecule has 0 saturated carbocycles. The van der Waals surface area contributed by atoms with E-state index in [0.29, 0.717) is 12.5 Å². The van der Waals surface area contributed by atoms with Gasteiger partial charge in [-0.3, -0.25) is 4.79 Å². The maximum absolute atomic E-state index is 12.8. The number of halogens is 1. The number of rotatable bonds is 3. The van der Waals surface area contributed by atoms with Gasteiger partial charge in [0.1, 0.15) is 5.01 Å². The molecule has 0 radical (unpaired) electrons. The number of aromatic nitrogens is 1. The van der Waals surface area contributed by atoms with E-state index in [-0.39, 0.29) is 24.4 Å². The average Bonchev–Trinajstić information content (AvgIpc) is 3.31. The van der Waals surface area contributed by atoms with Crippen LogP contribution in [0, 0.1) is 5.92 Å². The van der Waals surface area contributed by atoms with Crippen molar-refractivity contribution in [2.75, 3.05) is 13.1 Å². The number of likely N-dealkylation sites (tertiary alicyclic amines) is 1. The second-order valence-corrected chi connectivity index (χ2v) is 8.41. The van der Waals surface area contributed by atoms with E-state index in [4.69, 9.17) is 5.73 Å². The predicted molar refractivity (Wildman–Crippen MR) is 108 cm³/mol. The maximum atomic E-state index is 12.8. The van der Waals surface area contributed by atoms with Crippen molar-refractivity contribution in [1.29, 1.82) is 0 Å². The summed E-state index contributed by atoms with van der Waals surface area (Å²) in [5, 5.41) is 0.981. The summed E-state index contributed by atoms with van der Waals surface area (Å²) in [4.78, 5) is 21.3. The van der Waals surface area contributed by atoms with Gasteiger partial charge in [-0.05, 0) is 50.1 Å². The van der Waals surface area contributed by atoms with Crippen LogP contribution in [-0.2, 0) is 0 Å². The number of carbonyl (C=O) groups excluding carboxylic acids is 1. The Kier molecular flexibility index (Phi) is 5.43. The molecule has 4 rings (SSSR count). The van der Waals surface area contributed by atoms with Crippen LogP contribution in [0.2, 0.25) is 0 Å². The number of benzene rings is 1. The molecule has 0 aliphatic carbocycles. The third-order valence-corrected chi connectivity index (χ3v) is 6.86. The minimum atomic E-state index is 0. The lowest BCUT2D eigenvalue weighted by Crippen LogP contribution is -2.33. The van der Waals surface area contributed by atoms with Crippen LogP contribution in [0.15, 0.2) is 36.4 Å². The van der Waals surface area contributed by atoms with Crippen molar-refractivity contribution >= 4 is 51.2 Å². The number of para-hydroxylation sites is 1. The van der Waals surface area contributed by atoms with Crippen molar-refractivity contribution in [2.24, 2.45) is 11.7 Å². The molecule has 3 aromatic rings. The third kappa shape index (κ3) is 3.44. The predicted octanol–water partition coefficient (Wildman–Crippen LogP) is 4.26. The normalized spacial score (nSPS) is 20.0. The molecule has 132 valence electrons. The number of thiazole rings is 1. The minimum Gasteiger partial charge on any atom is -0.335 e. The first kappa shape index (κ1) is 18.3. The van der Waals surface area contributed by atoms with Crippen LogP contribution < -0.4 is 5.73 Å². The molecule has 2 unspecified atom stereocenters. The summed E-state index contributed by atoms with van der Waals surface area (Å²) in [6.07, 6.45) is 0.998. The van der Waals surface area contributed by atoms with Gasteiger partial charge in [-0.2, -0.15) is 0 Å². The van der Waals surface area contributed by atoms with E-state index in [1.165, 1.54) is 16.0 Å². The summed E-state index contributed by atoms with van der Waals surface area (Å²) in [5.74, 6) is 0.545. The Balaban J connectivity index is 0.00000182. The Bertz CT molecular complexity index is 858. The van der Waals surface area contributed by atoms with E-state index in [1.807, 2.05) is 35.2 Å². The molecule has 4 nitrogen and oxygen atoms in total. The van der Waals surface area contributed by atoms with Crippen molar-refractivity contribution in [3.05, 3.63) is 41.3 Å². The first-order valence-electron chi connectivity index (χ1n) is 8.12. The molecule has 0 bridgehead atoms. The largest absolute Gasteiger partial charge is 0.335 e. The molecule has 1 aliphatic heterocycles. The number of fused-ring (bicyclic) bond motifs is 1. The van der Waals surface area contributed by atoms with Gasteiger partial charge in [-0.1, -0.05) is 12.1 Å². The van der Waals surface area contributed by atoms with Gasteiger partial charge in [0.05, 0.1) is 20.0 Å². The van der Waals surface area contributed by atoms with Gasteiger partial charge in [0.25, 0.3) is 5.91 Å². The topological polar surface area (TPSA) is 59.2 Å². The summed E-state index contributed by atoms with van der Waals surface area (Å²) in [6, 6.07) is 12.3. The highest BCUT2D eigenvalue weighted by atomic mass is 35.5. The molecule has 2 aromatic heterocycles. The zero-order valence-electron chi connectivity index (χ0n) is 13.8. The second-order valence-electron chi connectivity index (χ2n) is 6.29. The molecule has 1 amide bonds. The van der Waals surface area contributed by atoms with Gasteiger partial charge in [0, 0.05) is 12.6 Å². The Morgan fingerprint density at radius 2 is 2.08 bits per heavy atom. The highest BCUT2D eigenvalue weighted by molar-refractivity contribution is 7.26. The lowest BCUT2D eigenvalue weighted by Gasteiger charge is -2.20. The van der Waals surface area contributed by atoms with Crippen molar-refractivity contribution in [1.82, 2.24) is 9.88 Å². The molecular weight excluding hydrogens is 374 g/mol. The number of thiophene rings is 1. The molecule has 25 heavy (non-hydrogen) atoms. The highest BCUT2D eigenvalue weighted by Gasteiger charge is 2.32. The average molecular weight is 394 g/mol. The molecule has 2 atom stereocenters. The number of hydrogen-bond acceptors (Lipinski definition) is 5. The first-order valence-corrected chi connectivity index (χ1v) is 9.76. The number of nitrogens with two attached hydrogens (primary N) is 1. The SMILES string of the molecule is CC1CC(CN)CN1C(=O)c1ccc(-c2nc3ccccc3s2)s1.Cl. The van der Waals surface area contributed by atoms with Crippen molar-refractivity contribution in [3.8, 4) is 9.88 Å².